The zero-order valence-electron chi connectivity index (χ0n) is 33.6. The monoisotopic (exact) mass is 914 g/mol. The molecule has 8 aromatic rings. The first-order valence-electron chi connectivity index (χ1n) is 19.0. The van der Waals surface area contributed by atoms with Gasteiger partial charge in [-0.15, -0.1) is 0 Å². The molecule has 5 heterocycles. The number of nitrogens with two attached hydrogens (primary N) is 2. The van der Waals surface area contributed by atoms with Gasteiger partial charge in [-0.25, -0.2) is 19.3 Å². The average Bonchev–Trinajstić information content (AvgIpc) is 3.90. The van der Waals surface area contributed by atoms with Crippen LogP contribution in [0.5, 0.6) is 0 Å². The number of nitrogen functional groups attached to an aromatic ring is 2. The van der Waals surface area contributed by atoms with Crippen LogP contribution in [0.1, 0.15) is 39.1 Å². The Kier molecular flexibility index (Phi) is 12.0. The summed E-state index contributed by atoms with van der Waals surface area (Å²) in [6, 6.07) is 33.6. The van der Waals surface area contributed by atoms with E-state index in [-0.39, 0.29) is 11.6 Å². The minimum atomic E-state index is -4.52. The summed E-state index contributed by atoms with van der Waals surface area (Å²) >= 11 is 3.28. The number of benzene rings is 4. The maximum atomic E-state index is 13.0. The number of nitrogens with zero attached hydrogens (tertiary/aromatic N) is 6. The van der Waals surface area contributed by atoms with Crippen LogP contribution >= 0.6 is 15.9 Å². The number of pyridine rings is 2. The summed E-state index contributed by atoms with van der Waals surface area (Å²) in [5.41, 5.74) is 13.6. The number of alkyl halides is 6. The van der Waals surface area contributed by atoms with Crippen LogP contribution in [0, 0.1) is 0 Å². The van der Waals surface area contributed by atoms with Crippen LogP contribution in [-0.2, 0) is 21.7 Å². The van der Waals surface area contributed by atoms with Crippen molar-refractivity contribution in [2.75, 3.05) is 11.5 Å². The summed E-state index contributed by atoms with van der Waals surface area (Å²) in [7, 11) is -0.577. The van der Waals surface area contributed by atoms with Gasteiger partial charge in [-0.2, -0.15) is 36.5 Å². The summed E-state index contributed by atoms with van der Waals surface area (Å²) in [5.74, 6) is 0.204. The Balaban J connectivity index is 0.000000159. The lowest BCUT2D eigenvalue weighted by Crippen LogP contribution is -2.41. The van der Waals surface area contributed by atoms with Crippen molar-refractivity contribution in [1.82, 2.24) is 29.5 Å². The Morgan fingerprint density at radius 2 is 1.03 bits per heavy atom. The first-order chi connectivity index (χ1) is 29.2. The lowest BCUT2D eigenvalue weighted by Gasteiger charge is -2.32. The quantitative estimate of drug-likeness (QED) is 0.101. The predicted octanol–water partition coefficient (Wildman–Crippen LogP) is 10.5. The average molecular weight is 916 g/mol. The highest BCUT2D eigenvalue weighted by Gasteiger charge is 2.51. The molecule has 318 valence electrons. The number of hydrogen-bond donors (Lipinski definition) is 2. The molecule has 0 saturated carbocycles. The molecule has 10 nitrogen and oxygen atoms in total. The molecule has 0 aliphatic carbocycles. The highest BCUT2D eigenvalue weighted by atomic mass is 79.9. The van der Waals surface area contributed by atoms with E-state index in [1.807, 2.05) is 107 Å². The standard InChI is InChI=1S/C19H19BF3N3O2.C19H13F3N4.C6H6BrN/c1-17(2)18(3,4)28-20(27-17)13-9-8-12-11-24-26(14(12)10-13)16-7-5-6-15(25-16)19(21,22)23;20-19(21,22)17-5-2-6-18(25-17)26-16-10-13(7-8-14(16)11-24-26)12-3-1-4-15(23)9-12;7-5-2-1-3-6(8)4-5/h5-11H,1-4H3;1-11H,23H2;1-4H,8H2. The molecular weight excluding hydrogens is 877 g/mol. The molecule has 4 N–H and O–H groups in total. The fraction of sp³-hybridized carbons (Fsp3) is 0.182. The molecule has 0 bridgehead atoms. The van der Waals surface area contributed by atoms with Crippen molar-refractivity contribution in [3.8, 4) is 22.8 Å². The zero-order chi connectivity index (χ0) is 44.6. The van der Waals surface area contributed by atoms with Gasteiger partial charge in [-0.3, -0.25) is 0 Å². The summed E-state index contributed by atoms with van der Waals surface area (Å²) in [5, 5.41) is 10.0. The molecular formula is C44H38BBrF6N8O2. The second kappa shape index (κ2) is 16.9. The molecule has 1 fully saturated rings. The van der Waals surface area contributed by atoms with Gasteiger partial charge < -0.3 is 20.8 Å². The number of aromatic nitrogens is 6. The van der Waals surface area contributed by atoms with Gasteiger partial charge in [0.2, 0.25) is 0 Å². The molecule has 18 heteroatoms. The van der Waals surface area contributed by atoms with Gasteiger partial charge in [0, 0.05) is 26.6 Å². The largest absolute Gasteiger partial charge is 0.494 e. The highest BCUT2D eigenvalue weighted by molar-refractivity contribution is 9.10. The van der Waals surface area contributed by atoms with Gasteiger partial charge in [0.15, 0.2) is 11.6 Å². The Bertz CT molecular complexity index is 2850. The third kappa shape index (κ3) is 9.62. The lowest BCUT2D eigenvalue weighted by atomic mass is 9.79. The summed E-state index contributed by atoms with van der Waals surface area (Å²) < 4.78 is 93.8. The maximum absolute atomic E-state index is 13.0. The molecule has 9 rings (SSSR count). The van der Waals surface area contributed by atoms with E-state index in [4.69, 9.17) is 20.8 Å². The molecule has 62 heavy (non-hydrogen) atoms. The topological polar surface area (TPSA) is 132 Å². The van der Waals surface area contributed by atoms with Crippen molar-refractivity contribution in [3.05, 3.63) is 150 Å². The van der Waals surface area contributed by atoms with Crippen LogP contribution in [0.3, 0.4) is 0 Å². The molecule has 0 atom stereocenters. The maximum Gasteiger partial charge on any atom is 0.494 e. The third-order valence-corrected chi connectivity index (χ3v) is 10.7. The van der Waals surface area contributed by atoms with Crippen molar-refractivity contribution in [2.24, 2.45) is 0 Å². The molecule has 0 radical (unpaired) electrons. The molecule has 0 unspecified atom stereocenters. The fourth-order valence-corrected chi connectivity index (χ4v) is 6.76. The minimum Gasteiger partial charge on any atom is -0.399 e. The van der Waals surface area contributed by atoms with Crippen LogP contribution in [0.4, 0.5) is 37.7 Å². The van der Waals surface area contributed by atoms with Crippen LogP contribution < -0.4 is 16.9 Å². The second-order valence-electron chi connectivity index (χ2n) is 15.2. The first kappa shape index (κ1) is 43.8. The van der Waals surface area contributed by atoms with Gasteiger partial charge in [-0.05, 0) is 111 Å². The summed E-state index contributed by atoms with van der Waals surface area (Å²) in [6.07, 6.45) is -5.84. The van der Waals surface area contributed by atoms with Crippen molar-refractivity contribution >= 4 is 61.7 Å². The van der Waals surface area contributed by atoms with E-state index in [0.717, 1.165) is 49.7 Å². The zero-order valence-corrected chi connectivity index (χ0v) is 35.2. The highest BCUT2D eigenvalue weighted by Crippen LogP contribution is 2.37. The molecule has 1 aliphatic rings. The van der Waals surface area contributed by atoms with Crippen LogP contribution in [0.2, 0.25) is 0 Å². The predicted molar refractivity (Wildman–Crippen MR) is 232 cm³/mol. The summed E-state index contributed by atoms with van der Waals surface area (Å²) in [4.78, 5) is 7.43. The van der Waals surface area contributed by atoms with E-state index in [1.54, 1.807) is 18.5 Å². The van der Waals surface area contributed by atoms with Crippen molar-refractivity contribution in [2.45, 2.75) is 51.2 Å². The van der Waals surface area contributed by atoms with Gasteiger partial charge in [-0.1, -0.05) is 70.5 Å². The van der Waals surface area contributed by atoms with Crippen molar-refractivity contribution in [3.63, 3.8) is 0 Å². The van der Waals surface area contributed by atoms with Crippen molar-refractivity contribution in [1.29, 1.82) is 0 Å². The van der Waals surface area contributed by atoms with Crippen LogP contribution in [-0.4, -0.2) is 47.8 Å². The lowest BCUT2D eigenvalue weighted by molar-refractivity contribution is -0.141. The smallest absolute Gasteiger partial charge is 0.399 e. The third-order valence-electron chi connectivity index (χ3n) is 10.2. The van der Waals surface area contributed by atoms with Crippen LogP contribution in [0.25, 0.3) is 44.6 Å². The summed E-state index contributed by atoms with van der Waals surface area (Å²) in [6.45, 7) is 7.84. The molecule has 1 saturated heterocycles. The molecule has 0 amide bonds. The van der Waals surface area contributed by atoms with E-state index >= 15 is 0 Å². The van der Waals surface area contributed by atoms with Crippen molar-refractivity contribution < 1.29 is 35.7 Å². The van der Waals surface area contributed by atoms with Gasteiger partial charge in [0.25, 0.3) is 0 Å². The molecule has 1 aliphatic heterocycles. The SMILES string of the molecule is CC1(C)OB(c2ccc3cnn(-c4cccc(C(F)(F)F)n4)c3c2)OC1(C)C.Nc1cccc(-c2ccc3cnn(-c4cccc(C(F)(F)F)n4)c3c2)c1.Nc1cccc(Br)c1. The van der Waals surface area contributed by atoms with Gasteiger partial charge >= 0.3 is 19.5 Å². The van der Waals surface area contributed by atoms with Gasteiger partial charge in [0.1, 0.15) is 11.4 Å². The number of halogens is 7. The van der Waals surface area contributed by atoms with E-state index in [1.165, 1.54) is 33.6 Å². The Labute approximate surface area is 360 Å². The number of fused-ring (bicyclic) bond motifs is 2. The molecule has 0 spiro atoms. The van der Waals surface area contributed by atoms with E-state index < -0.39 is 42.1 Å². The first-order valence-corrected chi connectivity index (χ1v) is 19.8. The van der Waals surface area contributed by atoms with E-state index in [2.05, 4.69) is 36.1 Å². The Morgan fingerprint density at radius 3 is 1.52 bits per heavy atom. The Hall–Kier alpha value is -6.24. The normalized spacial score (nSPS) is 14.6. The molecule has 4 aromatic carbocycles. The second-order valence-corrected chi connectivity index (χ2v) is 16.1. The van der Waals surface area contributed by atoms with E-state index in [0.29, 0.717) is 16.7 Å². The minimum absolute atomic E-state index is 0.0934. The van der Waals surface area contributed by atoms with Gasteiger partial charge in [0.05, 0.1) is 34.6 Å². The Morgan fingerprint density at radius 1 is 0.565 bits per heavy atom. The molecule has 4 aromatic heterocycles. The number of anilines is 2. The van der Waals surface area contributed by atoms with E-state index in [9.17, 15) is 26.3 Å². The number of rotatable bonds is 4. The number of hydrogen-bond acceptors (Lipinski definition) is 8. The fourth-order valence-electron chi connectivity index (χ4n) is 6.35. The van der Waals surface area contributed by atoms with Crippen LogP contribution in [0.15, 0.2) is 138 Å².